The Balaban J connectivity index is 2.06. The monoisotopic (exact) mass is 382 g/mol. The minimum absolute atomic E-state index is 0.183. The fraction of sp³-hybridized carbons (Fsp3) is 0.190. The largest absolute Gasteiger partial charge is 0.448 e. The lowest BCUT2D eigenvalue weighted by Crippen LogP contribution is -2.30. The molecule has 1 atom stereocenters. The van der Waals surface area contributed by atoms with Crippen LogP contribution in [-0.4, -0.2) is 18.0 Å². The molecule has 0 radical (unpaired) electrons. The van der Waals surface area contributed by atoms with Gasteiger partial charge in [-0.15, -0.1) is 0 Å². The summed E-state index contributed by atoms with van der Waals surface area (Å²) >= 11 is 6.03. The number of nitrogens with zero attached hydrogens (tertiary/aromatic N) is 1. The molecule has 2 aromatic rings. The van der Waals surface area contributed by atoms with Crippen LogP contribution in [0.15, 0.2) is 48.0 Å². The van der Waals surface area contributed by atoms with E-state index in [0.29, 0.717) is 21.8 Å². The molecule has 0 unspecified atom stereocenters. The molecule has 6 heteroatoms. The summed E-state index contributed by atoms with van der Waals surface area (Å²) in [4.78, 5) is 24.5. The van der Waals surface area contributed by atoms with Crippen LogP contribution < -0.4 is 5.32 Å². The average molecular weight is 383 g/mol. The predicted molar refractivity (Wildman–Crippen MR) is 105 cm³/mol. The van der Waals surface area contributed by atoms with Crippen LogP contribution in [0.3, 0.4) is 0 Å². The Morgan fingerprint density at radius 2 is 1.85 bits per heavy atom. The number of ether oxygens (including phenoxy) is 1. The van der Waals surface area contributed by atoms with Crippen molar-refractivity contribution in [2.45, 2.75) is 26.9 Å². The zero-order valence-corrected chi connectivity index (χ0v) is 16.0. The van der Waals surface area contributed by atoms with Crippen LogP contribution >= 0.6 is 11.6 Å². The zero-order chi connectivity index (χ0) is 20.0. The molecule has 1 N–H and O–H groups in total. The fourth-order valence-corrected chi connectivity index (χ4v) is 2.40. The van der Waals surface area contributed by atoms with Gasteiger partial charge in [-0.25, -0.2) is 4.79 Å². The molecule has 0 fully saturated rings. The van der Waals surface area contributed by atoms with Gasteiger partial charge in [-0.05, 0) is 50.1 Å². The van der Waals surface area contributed by atoms with Crippen molar-refractivity contribution < 1.29 is 14.3 Å². The lowest BCUT2D eigenvalue weighted by atomic mass is 10.1. The maximum absolute atomic E-state index is 12.3. The van der Waals surface area contributed by atoms with Gasteiger partial charge in [0.2, 0.25) is 0 Å². The fourth-order valence-electron chi connectivity index (χ4n) is 2.22. The van der Waals surface area contributed by atoms with Crippen LogP contribution in [0, 0.1) is 25.2 Å². The zero-order valence-electron chi connectivity index (χ0n) is 15.2. The Bertz CT molecular complexity index is 927. The van der Waals surface area contributed by atoms with Crippen LogP contribution in [0.2, 0.25) is 5.02 Å². The molecular weight excluding hydrogens is 364 g/mol. The number of hydrogen-bond donors (Lipinski definition) is 1. The molecule has 2 aromatic carbocycles. The second-order valence-electron chi connectivity index (χ2n) is 6.03. The lowest BCUT2D eigenvalue weighted by molar-refractivity contribution is -0.148. The summed E-state index contributed by atoms with van der Waals surface area (Å²) in [5.41, 5.74) is 2.82. The Kier molecular flexibility index (Phi) is 6.75. The van der Waals surface area contributed by atoms with E-state index in [1.165, 1.54) is 13.0 Å². The summed E-state index contributed by atoms with van der Waals surface area (Å²) in [5.74, 6) is -1.37. The number of nitrogens with one attached hydrogen (secondary N) is 1. The van der Waals surface area contributed by atoms with Gasteiger partial charge < -0.3 is 10.1 Å². The molecule has 0 heterocycles. The van der Waals surface area contributed by atoms with Gasteiger partial charge in [0.15, 0.2) is 6.10 Å². The molecule has 0 aliphatic rings. The standard InChI is InChI=1S/C21H19ClN2O3/c1-13-7-9-16(10-8-13)11-17(12-23)21(26)27-15(3)20(25)24-19-6-4-5-18(22)14(19)2/h4-11,15H,1-3H3,(H,24,25)/b17-11+/t15-/m1/s1. The molecule has 2 rings (SSSR count). The second kappa shape index (κ2) is 9.02. The summed E-state index contributed by atoms with van der Waals surface area (Å²) in [7, 11) is 0. The quantitative estimate of drug-likeness (QED) is 0.471. The Hall–Kier alpha value is -3.10. The van der Waals surface area contributed by atoms with Crippen LogP contribution in [0.5, 0.6) is 0 Å². The number of aryl methyl sites for hydroxylation is 1. The topological polar surface area (TPSA) is 79.2 Å². The minimum atomic E-state index is -1.08. The second-order valence-corrected chi connectivity index (χ2v) is 6.44. The van der Waals surface area contributed by atoms with Gasteiger partial charge >= 0.3 is 5.97 Å². The van der Waals surface area contributed by atoms with E-state index in [4.69, 9.17) is 16.3 Å². The highest BCUT2D eigenvalue weighted by atomic mass is 35.5. The predicted octanol–water partition coefficient (Wildman–Crippen LogP) is 4.43. The SMILES string of the molecule is Cc1ccc(/C=C(\C#N)C(=O)O[C@H](C)C(=O)Nc2cccc(Cl)c2C)cc1. The maximum Gasteiger partial charge on any atom is 0.349 e. The van der Waals surface area contributed by atoms with Crippen LogP contribution in [-0.2, 0) is 14.3 Å². The molecule has 0 saturated heterocycles. The first-order valence-electron chi connectivity index (χ1n) is 8.27. The van der Waals surface area contributed by atoms with Crippen molar-refractivity contribution in [3.8, 4) is 6.07 Å². The van der Waals surface area contributed by atoms with E-state index < -0.39 is 18.0 Å². The van der Waals surface area contributed by atoms with Crippen LogP contribution in [0.4, 0.5) is 5.69 Å². The summed E-state index contributed by atoms with van der Waals surface area (Å²) in [6.07, 6.45) is 0.346. The third-order valence-electron chi connectivity index (χ3n) is 3.91. The van der Waals surface area contributed by atoms with Gasteiger partial charge in [-0.2, -0.15) is 5.26 Å². The Morgan fingerprint density at radius 3 is 2.48 bits per heavy atom. The van der Waals surface area contributed by atoms with Crippen molar-refractivity contribution >= 4 is 35.2 Å². The average Bonchev–Trinajstić information content (AvgIpc) is 2.64. The van der Waals surface area contributed by atoms with Crippen molar-refractivity contribution in [2.75, 3.05) is 5.32 Å². The van der Waals surface area contributed by atoms with Crippen molar-refractivity contribution in [3.05, 3.63) is 69.8 Å². The van der Waals surface area contributed by atoms with Gasteiger partial charge in [0, 0.05) is 10.7 Å². The number of carbonyl (C=O) groups excluding carboxylic acids is 2. The number of hydrogen-bond acceptors (Lipinski definition) is 4. The Labute approximate surface area is 163 Å². The third-order valence-corrected chi connectivity index (χ3v) is 4.32. The molecule has 0 bridgehead atoms. The van der Waals surface area contributed by atoms with E-state index in [1.807, 2.05) is 25.1 Å². The number of halogens is 1. The molecule has 138 valence electrons. The number of anilines is 1. The number of carbonyl (C=O) groups is 2. The van der Waals surface area contributed by atoms with E-state index in [0.717, 1.165) is 5.56 Å². The molecule has 5 nitrogen and oxygen atoms in total. The summed E-state index contributed by atoms with van der Waals surface area (Å²) in [6, 6.07) is 14.3. The van der Waals surface area contributed by atoms with Gasteiger partial charge in [0.05, 0.1) is 0 Å². The van der Waals surface area contributed by atoms with Crippen molar-refractivity contribution in [2.24, 2.45) is 0 Å². The van der Waals surface area contributed by atoms with Crippen molar-refractivity contribution in [1.29, 1.82) is 5.26 Å². The maximum atomic E-state index is 12.3. The van der Waals surface area contributed by atoms with E-state index in [2.05, 4.69) is 5.32 Å². The summed E-state index contributed by atoms with van der Waals surface area (Å²) < 4.78 is 5.13. The molecule has 1 amide bonds. The smallest absolute Gasteiger partial charge is 0.349 e. The highest BCUT2D eigenvalue weighted by Gasteiger charge is 2.21. The van der Waals surface area contributed by atoms with Crippen LogP contribution in [0.25, 0.3) is 6.08 Å². The molecule has 0 aliphatic heterocycles. The number of rotatable bonds is 5. The summed E-state index contributed by atoms with van der Waals surface area (Å²) in [5, 5.41) is 12.4. The highest BCUT2D eigenvalue weighted by Crippen LogP contribution is 2.23. The van der Waals surface area contributed by atoms with Gasteiger partial charge in [0.25, 0.3) is 5.91 Å². The van der Waals surface area contributed by atoms with Crippen molar-refractivity contribution in [1.82, 2.24) is 0 Å². The lowest BCUT2D eigenvalue weighted by Gasteiger charge is -2.15. The first-order chi connectivity index (χ1) is 12.8. The van der Waals surface area contributed by atoms with Crippen LogP contribution in [0.1, 0.15) is 23.6 Å². The molecule has 27 heavy (non-hydrogen) atoms. The highest BCUT2D eigenvalue weighted by molar-refractivity contribution is 6.31. The molecule has 0 spiro atoms. The molecular formula is C21H19ClN2O3. The number of esters is 1. The molecule has 0 saturated carbocycles. The van der Waals surface area contributed by atoms with E-state index in [9.17, 15) is 14.9 Å². The first kappa shape index (κ1) is 20.2. The Morgan fingerprint density at radius 1 is 1.19 bits per heavy atom. The summed E-state index contributed by atoms with van der Waals surface area (Å²) in [6.45, 7) is 5.15. The normalized spacial score (nSPS) is 12.0. The number of benzene rings is 2. The molecule has 0 aliphatic carbocycles. The van der Waals surface area contributed by atoms with Gasteiger partial charge in [-0.1, -0.05) is 47.5 Å². The third kappa shape index (κ3) is 5.44. The van der Waals surface area contributed by atoms with Gasteiger partial charge in [0.1, 0.15) is 11.6 Å². The van der Waals surface area contributed by atoms with Gasteiger partial charge in [-0.3, -0.25) is 4.79 Å². The van der Waals surface area contributed by atoms with E-state index >= 15 is 0 Å². The number of amides is 1. The minimum Gasteiger partial charge on any atom is -0.448 e. The first-order valence-corrected chi connectivity index (χ1v) is 8.65. The number of nitriles is 1. The van der Waals surface area contributed by atoms with Crippen molar-refractivity contribution in [3.63, 3.8) is 0 Å². The van der Waals surface area contributed by atoms with E-state index in [-0.39, 0.29) is 5.57 Å². The van der Waals surface area contributed by atoms with E-state index in [1.54, 1.807) is 37.3 Å². The molecule has 0 aromatic heterocycles.